The van der Waals surface area contributed by atoms with Crippen LogP contribution in [0.25, 0.3) is 0 Å². The third-order valence-corrected chi connectivity index (χ3v) is 2.09. The second-order valence-corrected chi connectivity index (χ2v) is 3.02. The molecule has 0 spiro atoms. The molecule has 0 unspecified atom stereocenters. The molecular formula is C12H17N3O. The van der Waals surface area contributed by atoms with Crippen molar-refractivity contribution in [2.45, 2.75) is 20.3 Å². The summed E-state index contributed by atoms with van der Waals surface area (Å²) in [7, 11) is 1.67. The number of amides is 1. The minimum Gasteiger partial charge on any atom is -0.278 e. The Balaban J connectivity index is 0.000000606. The van der Waals surface area contributed by atoms with Crippen molar-refractivity contribution >= 4 is 17.4 Å². The first kappa shape index (κ1) is 12.2. The molecule has 1 N–H and O–H groups in total. The number of para-hydroxylation sites is 1. The van der Waals surface area contributed by atoms with Crippen LogP contribution < -0.4 is 10.4 Å². The van der Waals surface area contributed by atoms with Gasteiger partial charge < -0.3 is 0 Å². The largest absolute Gasteiger partial charge is 0.278 e. The molecule has 0 aliphatic carbocycles. The number of rotatable bonds is 1. The number of hydrogen-bond donors (Lipinski definition) is 1. The molecule has 1 amide bonds. The van der Waals surface area contributed by atoms with Crippen LogP contribution in [-0.2, 0) is 4.79 Å². The molecule has 2 rings (SSSR count). The van der Waals surface area contributed by atoms with Gasteiger partial charge in [-0.25, -0.2) is 5.01 Å². The third-order valence-electron chi connectivity index (χ3n) is 2.09. The van der Waals surface area contributed by atoms with Gasteiger partial charge in [-0.1, -0.05) is 32.0 Å². The molecule has 0 bridgehead atoms. The number of amidine groups is 1. The topological polar surface area (TPSA) is 44.7 Å². The van der Waals surface area contributed by atoms with Crippen LogP contribution in [0.5, 0.6) is 0 Å². The first-order valence-electron chi connectivity index (χ1n) is 5.41. The number of nitrogens with zero attached hydrogens (tertiary/aromatic N) is 2. The first-order chi connectivity index (χ1) is 7.81. The van der Waals surface area contributed by atoms with E-state index < -0.39 is 0 Å². The van der Waals surface area contributed by atoms with Crippen LogP contribution in [0.2, 0.25) is 0 Å². The molecule has 1 fully saturated rings. The Morgan fingerprint density at radius 1 is 1.25 bits per heavy atom. The lowest BCUT2D eigenvalue weighted by Gasteiger charge is -2.15. The van der Waals surface area contributed by atoms with Crippen molar-refractivity contribution in [2.24, 2.45) is 4.99 Å². The van der Waals surface area contributed by atoms with Crippen LogP contribution in [0, 0.1) is 0 Å². The van der Waals surface area contributed by atoms with E-state index >= 15 is 0 Å². The highest BCUT2D eigenvalue weighted by Crippen LogP contribution is 2.15. The maximum atomic E-state index is 11.5. The van der Waals surface area contributed by atoms with Gasteiger partial charge in [0.15, 0.2) is 0 Å². The summed E-state index contributed by atoms with van der Waals surface area (Å²) in [6.45, 7) is 4.00. The Hall–Kier alpha value is -1.84. The van der Waals surface area contributed by atoms with Gasteiger partial charge in [-0.2, -0.15) is 0 Å². The summed E-state index contributed by atoms with van der Waals surface area (Å²) in [5.41, 5.74) is 3.78. The summed E-state index contributed by atoms with van der Waals surface area (Å²) in [6, 6.07) is 9.46. The Morgan fingerprint density at radius 2 is 1.88 bits per heavy atom. The van der Waals surface area contributed by atoms with E-state index in [4.69, 9.17) is 0 Å². The quantitative estimate of drug-likeness (QED) is 0.785. The van der Waals surface area contributed by atoms with Crippen molar-refractivity contribution in [1.29, 1.82) is 0 Å². The predicted octanol–water partition coefficient (Wildman–Crippen LogP) is 1.98. The van der Waals surface area contributed by atoms with Gasteiger partial charge in [0.25, 0.3) is 5.91 Å². The molecule has 1 saturated heterocycles. The van der Waals surface area contributed by atoms with E-state index in [1.54, 1.807) is 7.05 Å². The molecule has 4 heteroatoms. The number of carbonyl (C=O) groups is 1. The lowest BCUT2D eigenvalue weighted by atomic mass is 10.3. The van der Waals surface area contributed by atoms with Crippen LogP contribution >= 0.6 is 0 Å². The molecule has 86 valence electrons. The monoisotopic (exact) mass is 219 g/mol. The predicted molar refractivity (Wildman–Crippen MR) is 66.4 cm³/mol. The Morgan fingerprint density at radius 3 is 2.38 bits per heavy atom. The first-order valence-corrected chi connectivity index (χ1v) is 5.41. The fourth-order valence-corrected chi connectivity index (χ4v) is 1.37. The molecule has 0 aromatic heterocycles. The second kappa shape index (κ2) is 5.90. The molecule has 1 aliphatic rings. The van der Waals surface area contributed by atoms with Crippen molar-refractivity contribution in [3.05, 3.63) is 30.3 Å². The Bertz CT molecular complexity index is 373. The number of nitrogens with one attached hydrogen (secondary N) is 1. The van der Waals surface area contributed by atoms with Gasteiger partial charge in [0, 0.05) is 7.05 Å². The smallest absolute Gasteiger partial charge is 0.253 e. The molecule has 1 heterocycles. The highest BCUT2D eigenvalue weighted by atomic mass is 16.2. The zero-order chi connectivity index (χ0) is 12.0. The summed E-state index contributed by atoms with van der Waals surface area (Å²) in [4.78, 5) is 15.5. The van der Waals surface area contributed by atoms with Gasteiger partial charge in [0.1, 0.15) is 5.84 Å². The summed E-state index contributed by atoms with van der Waals surface area (Å²) < 4.78 is 0. The van der Waals surface area contributed by atoms with E-state index in [0.29, 0.717) is 12.3 Å². The number of aliphatic imine (C=N–C) groups is 1. The highest BCUT2D eigenvalue weighted by molar-refractivity contribution is 6.13. The SMILES string of the molecule is CC.CN=C1CC(=O)N(c2ccccc2)N1. The van der Waals surface area contributed by atoms with E-state index in [2.05, 4.69) is 10.4 Å². The summed E-state index contributed by atoms with van der Waals surface area (Å²) >= 11 is 0. The standard InChI is InChI=1S/C10H11N3O.C2H6/c1-11-9-7-10(14)13(12-9)8-5-3-2-4-6-8;1-2/h2-6H,7H2,1H3,(H,11,12);1-2H3. The number of benzene rings is 1. The van der Waals surface area contributed by atoms with E-state index in [1.165, 1.54) is 5.01 Å². The van der Waals surface area contributed by atoms with E-state index in [0.717, 1.165) is 5.69 Å². The van der Waals surface area contributed by atoms with Crippen molar-refractivity contribution in [2.75, 3.05) is 12.1 Å². The number of hydrazine groups is 1. The molecular weight excluding hydrogens is 202 g/mol. The third kappa shape index (κ3) is 2.59. The molecule has 1 aliphatic heterocycles. The number of anilines is 1. The normalized spacial score (nSPS) is 16.8. The summed E-state index contributed by atoms with van der Waals surface area (Å²) in [6.07, 6.45) is 0.353. The van der Waals surface area contributed by atoms with Gasteiger partial charge >= 0.3 is 0 Å². The molecule has 1 aromatic carbocycles. The lowest BCUT2D eigenvalue weighted by Crippen LogP contribution is -2.35. The maximum Gasteiger partial charge on any atom is 0.253 e. The van der Waals surface area contributed by atoms with Crippen molar-refractivity contribution in [3.8, 4) is 0 Å². The maximum absolute atomic E-state index is 11.5. The molecule has 0 atom stereocenters. The van der Waals surface area contributed by atoms with E-state index in [1.807, 2.05) is 44.2 Å². The highest BCUT2D eigenvalue weighted by Gasteiger charge is 2.25. The van der Waals surface area contributed by atoms with Crippen LogP contribution in [0.4, 0.5) is 5.69 Å². The van der Waals surface area contributed by atoms with Crippen LogP contribution in [0.3, 0.4) is 0 Å². The van der Waals surface area contributed by atoms with Gasteiger partial charge in [-0.3, -0.25) is 15.2 Å². The zero-order valence-corrected chi connectivity index (χ0v) is 9.90. The second-order valence-electron chi connectivity index (χ2n) is 3.02. The molecule has 16 heavy (non-hydrogen) atoms. The molecule has 0 radical (unpaired) electrons. The van der Waals surface area contributed by atoms with Gasteiger partial charge in [-0.05, 0) is 12.1 Å². The van der Waals surface area contributed by atoms with Gasteiger partial charge in [-0.15, -0.1) is 0 Å². The van der Waals surface area contributed by atoms with Gasteiger partial charge in [0.05, 0.1) is 12.1 Å². The minimum atomic E-state index is 0.0248. The molecule has 0 saturated carbocycles. The van der Waals surface area contributed by atoms with E-state index in [-0.39, 0.29) is 5.91 Å². The summed E-state index contributed by atoms with van der Waals surface area (Å²) in [5.74, 6) is 0.732. The van der Waals surface area contributed by atoms with Crippen molar-refractivity contribution in [3.63, 3.8) is 0 Å². The average molecular weight is 219 g/mol. The van der Waals surface area contributed by atoms with Crippen LogP contribution in [0.1, 0.15) is 20.3 Å². The minimum absolute atomic E-state index is 0.0248. The van der Waals surface area contributed by atoms with Crippen LogP contribution in [0.15, 0.2) is 35.3 Å². The fraction of sp³-hybridized carbons (Fsp3) is 0.333. The Labute approximate surface area is 96.0 Å². The van der Waals surface area contributed by atoms with Crippen molar-refractivity contribution in [1.82, 2.24) is 5.43 Å². The zero-order valence-electron chi connectivity index (χ0n) is 9.90. The van der Waals surface area contributed by atoms with Crippen LogP contribution in [-0.4, -0.2) is 18.8 Å². The lowest BCUT2D eigenvalue weighted by molar-refractivity contribution is -0.116. The van der Waals surface area contributed by atoms with Gasteiger partial charge in [0.2, 0.25) is 0 Å². The average Bonchev–Trinajstić information content (AvgIpc) is 2.74. The Kier molecular flexibility index (Phi) is 4.51. The van der Waals surface area contributed by atoms with E-state index in [9.17, 15) is 4.79 Å². The molecule has 1 aromatic rings. The number of hydrogen-bond acceptors (Lipinski definition) is 2. The van der Waals surface area contributed by atoms with Crippen molar-refractivity contribution < 1.29 is 4.79 Å². The number of carbonyl (C=O) groups excluding carboxylic acids is 1. The fourth-order valence-electron chi connectivity index (χ4n) is 1.37. The molecule has 4 nitrogen and oxygen atoms in total. The summed E-state index contributed by atoms with van der Waals surface area (Å²) in [5, 5.41) is 1.52.